The zero-order valence-corrected chi connectivity index (χ0v) is 13.0. The van der Waals surface area contributed by atoms with E-state index in [4.69, 9.17) is 5.11 Å². The minimum absolute atomic E-state index is 0.269. The van der Waals surface area contributed by atoms with Crippen molar-refractivity contribution in [2.45, 2.75) is 19.9 Å². The molecule has 0 aliphatic rings. The van der Waals surface area contributed by atoms with Crippen molar-refractivity contribution < 1.29 is 9.90 Å². The predicted molar refractivity (Wildman–Crippen MR) is 81.3 cm³/mol. The van der Waals surface area contributed by atoms with E-state index in [1.54, 1.807) is 38.1 Å². The highest BCUT2D eigenvalue weighted by Crippen LogP contribution is 2.13. The van der Waals surface area contributed by atoms with Crippen molar-refractivity contribution in [3.63, 3.8) is 0 Å². The zero-order chi connectivity index (χ0) is 15.7. The largest absolute Gasteiger partial charge is 0.477 e. The van der Waals surface area contributed by atoms with Gasteiger partial charge in [-0.3, -0.25) is 9.36 Å². The van der Waals surface area contributed by atoms with Crippen molar-refractivity contribution in [2.75, 3.05) is 0 Å². The Morgan fingerprint density at radius 3 is 2.48 bits per heavy atom. The highest BCUT2D eigenvalue weighted by molar-refractivity contribution is 9.10. The van der Waals surface area contributed by atoms with Crippen LogP contribution in [0.25, 0.3) is 5.69 Å². The van der Waals surface area contributed by atoms with Gasteiger partial charge < -0.3 is 5.11 Å². The lowest BCUT2D eigenvalue weighted by Crippen LogP contribution is -2.41. The lowest BCUT2D eigenvalue weighted by Gasteiger charge is -2.14. The molecule has 110 valence electrons. The molecule has 1 heterocycles. The Morgan fingerprint density at radius 1 is 1.29 bits per heavy atom. The van der Waals surface area contributed by atoms with E-state index in [0.29, 0.717) is 10.2 Å². The minimum atomic E-state index is -1.36. The normalized spacial score (nSPS) is 10.9. The summed E-state index contributed by atoms with van der Waals surface area (Å²) in [6, 6.07) is 6.30. The number of aromatic nitrogens is 2. The van der Waals surface area contributed by atoms with Crippen LogP contribution in [0.15, 0.2) is 44.5 Å². The molecule has 21 heavy (non-hydrogen) atoms. The summed E-state index contributed by atoms with van der Waals surface area (Å²) in [6.45, 7) is 3.48. The Bertz CT molecular complexity index is 820. The molecule has 0 saturated carbocycles. The van der Waals surface area contributed by atoms with Crippen molar-refractivity contribution in [2.24, 2.45) is 0 Å². The first-order chi connectivity index (χ1) is 9.82. The molecule has 0 spiro atoms. The first kappa shape index (κ1) is 15.2. The third-order valence-electron chi connectivity index (χ3n) is 2.97. The van der Waals surface area contributed by atoms with Crippen molar-refractivity contribution in [1.82, 2.24) is 9.13 Å². The van der Waals surface area contributed by atoms with Gasteiger partial charge in [-0.25, -0.2) is 14.2 Å². The van der Waals surface area contributed by atoms with Gasteiger partial charge in [0.1, 0.15) is 5.56 Å². The molecule has 2 rings (SSSR count). The number of carboxylic acids is 1. The van der Waals surface area contributed by atoms with Crippen LogP contribution >= 0.6 is 15.9 Å². The zero-order valence-electron chi connectivity index (χ0n) is 11.4. The van der Waals surface area contributed by atoms with E-state index >= 15 is 0 Å². The van der Waals surface area contributed by atoms with Gasteiger partial charge in [-0.05, 0) is 32.0 Å². The molecule has 2 aromatic rings. The molecule has 0 unspecified atom stereocenters. The number of nitrogens with zero attached hydrogens (tertiary/aromatic N) is 2. The van der Waals surface area contributed by atoms with Crippen LogP contribution in [-0.4, -0.2) is 20.2 Å². The molecule has 0 fully saturated rings. The molecular weight excluding hydrogens is 340 g/mol. The summed E-state index contributed by atoms with van der Waals surface area (Å²) in [5.41, 5.74) is -1.54. The number of aromatic carboxylic acids is 1. The van der Waals surface area contributed by atoms with Crippen molar-refractivity contribution in [3.8, 4) is 5.69 Å². The van der Waals surface area contributed by atoms with Gasteiger partial charge in [0.05, 0.1) is 5.69 Å². The summed E-state index contributed by atoms with van der Waals surface area (Å²) in [6.07, 6.45) is 1.09. The van der Waals surface area contributed by atoms with Gasteiger partial charge in [-0.1, -0.05) is 22.0 Å². The second kappa shape index (κ2) is 5.69. The van der Waals surface area contributed by atoms with E-state index in [9.17, 15) is 14.4 Å². The third-order valence-corrected chi connectivity index (χ3v) is 3.46. The molecule has 0 saturated heterocycles. The fraction of sp³-hybridized carbons (Fsp3) is 0.214. The highest BCUT2D eigenvalue weighted by atomic mass is 79.9. The maximum Gasteiger partial charge on any atom is 0.342 e. The summed E-state index contributed by atoms with van der Waals surface area (Å²) >= 11 is 3.26. The SMILES string of the molecule is CC(C)n1cc(C(=O)O)c(=O)n(-c2cccc(Br)c2)c1=O. The summed E-state index contributed by atoms with van der Waals surface area (Å²) < 4.78 is 2.78. The molecule has 1 aromatic carbocycles. The molecule has 0 bridgehead atoms. The van der Waals surface area contributed by atoms with E-state index in [0.717, 1.165) is 10.8 Å². The summed E-state index contributed by atoms with van der Waals surface area (Å²) in [7, 11) is 0. The Labute approximate surface area is 128 Å². The second-order valence-electron chi connectivity index (χ2n) is 4.75. The Morgan fingerprint density at radius 2 is 1.95 bits per heavy atom. The molecular formula is C14H13BrN2O4. The maximum atomic E-state index is 12.4. The fourth-order valence-electron chi connectivity index (χ4n) is 1.93. The van der Waals surface area contributed by atoms with Crippen LogP contribution in [0.1, 0.15) is 30.2 Å². The highest BCUT2D eigenvalue weighted by Gasteiger charge is 2.18. The standard InChI is InChI=1S/C14H13BrN2O4/c1-8(2)16-7-11(13(19)20)12(18)17(14(16)21)10-5-3-4-9(15)6-10/h3-8H,1-2H3,(H,19,20). The van der Waals surface area contributed by atoms with Gasteiger partial charge in [0.25, 0.3) is 5.56 Å². The van der Waals surface area contributed by atoms with Gasteiger partial charge in [0.2, 0.25) is 0 Å². The molecule has 0 amide bonds. The van der Waals surface area contributed by atoms with Crippen LogP contribution in [0.5, 0.6) is 0 Å². The van der Waals surface area contributed by atoms with Crippen LogP contribution in [0.4, 0.5) is 0 Å². The van der Waals surface area contributed by atoms with Gasteiger partial charge in [0, 0.05) is 16.7 Å². The quantitative estimate of drug-likeness (QED) is 0.916. The first-order valence-corrected chi connectivity index (χ1v) is 6.99. The topological polar surface area (TPSA) is 81.3 Å². The molecule has 0 aliphatic carbocycles. The number of carboxylic acid groups (broad SMARTS) is 1. The van der Waals surface area contributed by atoms with Gasteiger partial charge in [0.15, 0.2) is 0 Å². The lowest BCUT2D eigenvalue weighted by atomic mass is 10.2. The van der Waals surface area contributed by atoms with Crippen LogP contribution in [0.3, 0.4) is 0 Å². The summed E-state index contributed by atoms with van der Waals surface area (Å²) in [4.78, 5) is 35.9. The van der Waals surface area contributed by atoms with E-state index in [2.05, 4.69) is 15.9 Å². The van der Waals surface area contributed by atoms with E-state index in [1.807, 2.05) is 0 Å². The number of hydrogen-bond donors (Lipinski definition) is 1. The van der Waals surface area contributed by atoms with Crippen molar-refractivity contribution >= 4 is 21.9 Å². The summed E-state index contributed by atoms with van der Waals surface area (Å²) in [5.74, 6) is -1.36. The number of rotatable bonds is 3. The minimum Gasteiger partial charge on any atom is -0.477 e. The number of benzene rings is 1. The number of carbonyl (C=O) groups is 1. The van der Waals surface area contributed by atoms with Crippen LogP contribution < -0.4 is 11.2 Å². The molecule has 0 atom stereocenters. The molecule has 6 nitrogen and oxygen atoms in total. The smallest absolute Gasteiger partial charge is 0.342 e. The van der Waals surface area contributed by atoms with E-state index in [-0.39, 0.29) is 6.04 Å². The molecule has 1 N–H and O–H groups in total. The Kier molecular flexibility index (Phi) is 4.13. The average Bonchev–Trinajstić information content (AvgIpc) is 2.38. The van der Waals surface area contributed by atoms with E-state index < -0.39 is 22.8 Å². The molecule has 0 aliphatic heterocycles. The average molecular weight is 353 g/mol. The van der Waals surface area contributed by atoms with Gasteiger partial charge in [-0.2, -0.15) is 0 Å². The molecule has 1 aromatic heterocycles. The monoisotopic (exact) mass is 352 g/mol. The second-order valence-corrected chi connectivity index (χ2v) is 5.67. The van der Waals surface area contributed by atoms with Gasteiger partial charge in [-0.15, -0.1) is 0 Å². The summed E-state index contributed by atoms with van der Waals surface area (Å²) in [5, 5.41) is 9.15. The maximum absolute atomic E-state index is 12.4. The molecule has 7 heteroatoms. The Hall–Kier alpha value is -2.15. The lowest BCUT2D eigenvalue weighted by molar-refractivity contribution is 0.0693. The first-order valence-electron chi connectivity index (χ1n) is 6.20. The Balaban J connectivity index is 2.91. The number of hydrogen-bond acceptors (Lipinski definition) is 3. The fourth-order valence-corrected chi connectivity index (χ4v) is 2.32. The van der Waals surface area contributed by atoms with Crippen molar-refractivity contribution in [1.29, 1.82) is 0 Å². The van der Waals surface area contributed by atoms with Crippen LogP contribution in [-0.2, 0) is 0 Å². The number of halogens is 1. The van der Waals surface area contributed by atoms with E-state index in [1.165, 1.54) is 4.57 Å². The molecule has 0 radical (unpaired) electrons. The predicted octanol–water partition coefficient (Wildman–Crippen LogP) is 2.04. The van der Waals surface area contributed by atoms with Crippen molar-refractivity contribution in [3.05, 3.63) is 61.3 Å². The third kappa shape index (κ3) is 2.82. The van der Waals surface area contributed by atoms with Crippen LogP contribution in [0, 0.1) is 0 Å². The van der Waals surface area contributed by atoms with Gasteiger partial charge >= 0.3 is 11.7 Å². The van der Waals surface area contributed by atoms with Crippen LogP contribution in [0.2, 0.25) is 0 Å².